The summed E-state index contributed by atoms with van der Waals surface area (Å²) in [5.74, 6) is -0.897. The second-order valence-corrected chi connectivity index (χ2v) is 7.77. The van der Waals surface area contributed by atoms with Gasteiger partial charge in [-0.05, 0) is 35.9 Å². The van der Waals surface area contributed by atoms with E-state index in [-0.39, 0.29) is 18.1 Å². The highest BCUT2D eigenvalue weighted by molar-refractivity contribution is 5.97. The molecule has 194 valence electrons. The normalized spacial score (nSPS) is 11.8. The third kappa shape index (κ3) is 7.04. The summed E-state index contributed by atoms with van der Waals surface area (Å²) in [4.78, 5) is 24.7. The lowest BCUT2D eigenvalue weighted by atomic mass is 10.0. The monoisotopic (exact) mass is 508 g/mol. The van der Waals surface area contributed by atoms with Crippen LogP contribution in [-0.2, 0) is 16.1 Å². The number of carbonyl (C=O) groups is 2. The zero-order valence-electron chi connectivity index (χ0n) is 20.3. The van der Waals surface area contributed by atoms with E-state index in [9.17, 15) is 9.59 Å². The maximum Gasteiger partial charge on any atom is 0.341 e. The van der Waals surface area contributed by atoms with Gasteiger partial charge in [-0.15, -0.1) is 0 Å². The van der Waals surface area contributed by atoms with Crippen molar-refractivity contribution >= 4 is 23.4 Å². The van der Waals surface area contributed by atoms with Gasteiger partial charge < -0.3 is 40.9 Å². The van der Waals surface area contributed by atoms with E-state index in [4.69, 9.17) is 30.3 Å². The molecule has 3 aromatic rings. The average molecular weight is 509 g/mol. The predicted octanol–water partition coefficient (Wildman–Crippen LogP) is 2.73. The number of anilines is 1. The van der Waals surface area contributed by atoms with Crippen LogP contribution in [0.25, 0.3) is 0 Å². The third-order valence-electron chi connectivity index (χ3n) is 5.35. The fourth-order valence-corrected chi connectivity index (χ4v) is 3.50. The van der Waals surface area contributed by atoms with E-state index in [0.717, 1.165) is 5.56 Å². The largest absolute Gasteiger partial charge is 0.493 e. The molecular weight excluding hydrogens is 480 g/mol. The van der Waals surface area contributed by atoms with Crippen molar-refractivity contribution in [2.45, 2.75) is 12.6 Å². The Morgan fingerprint density at radius 1 is 0.973 bits per heavy atom. The number of hydrogen-bond donors (Lipinski definition) is 5. The van der Waals surface area contributed by atoms with Crippen LogP contribution in [0.4, 0.5) is 5.69 Å². The molecule has 3 rings (SSSR count). The van der Waals surface area contributed by atoms with Gasteiger partial charge in [0.1, 0.15) is 11.8 Å². The number of nitrogens with two attached hydrogens (primary N) is 1. The van der Waals surface area contributed by atoms with Gasteiger partial charge >= 0.3 is 5.97 Å². The number of oxime groups is 1. The maximum absolute atomic E-state index is 13.5. The van der Waals surface area contributed by atoms with Crippen molar-refractivity contribution in [3.05, 3.63) is 83.4 Å². The van der Waals surface area contributed by atoms with E-state index in [0.29, 0.717) is 28.3 Å². The van der Waals surface area contributed by atoms with Crippen molar-refractivity contribution in [3.63, 3.8) is 0 Å². The number of nitrogens with one attached hydrogen (secondary N) is 2. The van der Waals surface area contributed by atoms with E-state index < -0.39 is 24.5 Å². The molecule has 0 bridgehead atoms. The Hall–Kier alpha value is -4.93. The number of amidine groups is 1. The number of carboxylic acid groups (broad SMARTS) is 1. The summed E-state index contributed by atoms with van der Waals surface area (Å²) in [7, 11) is 2.88. The molecular formula is C26H28N4O7. The Morgan fingerprint density at radius 2 is 1.62 bits per heavy atom. The number of methoxy groups -OCH3 is 2. The summed E-state index contributed by atoms with van der Waals surface area (Å²) in [6, 6.07) is 17.9. The SMILES string of the molecule is COc1cc(OCC(=O)O)c(C(Nc2ccc(C(N)=NO)cc2)C(=O)NCc2ccccc2)cc1OC. The summed E-state index contributed by atoms with van der Waals surface area (Å²) in [5, 5.41) is 27.1. The zero-order chi connectivity index (χ0) is 26.8. The Labute approximate surface area is 213 Å². The second-order valence-electron chi connectivity index (χ2n) is 7.77. The standard InChI is InChI=1S/C26H28N4O7/c1-35-21-12-19(20(13-22(21)36-2)37-15-23(31)32)24(26(33)28-14-16-6-4-3-5-7-16)29-18-10-8-17(9-11-18)25(27)30-34/h3-13,24,29,34H,14-15H2,1-2H3,(H2,27,30)(H,28,33)(H,31,32). The number of carboxylic acids is 1. The second kappa shape index (κ2) is 12.7. The minimum absolute atomic E-state index is 0.0621. The molecule has 0 heterocycles. The number of rotatable bonds is 12. The summed E-state index contributed by atoms with van der Waals surface area (Å²) in [5.41, 5.74) is 7.88. The van der Waals surface area contributed by atoms with Crippen molar-refractivity contribution in [1.29, 1.82) is 0 Å². The van der Waals surface area contributed by atoms with Crippen molar-refractivity contribution in [2.24, 2.45) is 10.9 Å². The number of carbonyl (C=O) groups excluding carboxylic acids is 1. The molecule has 0 aliphatic heterocycles. The molecule has 1 amide bonds. The predicted molar refractivity (Wildman–Crippen MR) is 136 cm³/mol. The lowest BCUT2D eigenvalue weighted by Crippen LogP contribution is -2.33. The molecule has 0 saturated heterocycles. The first-order valence-electron chi connectivity index (χ1n) is 11.1. The molecule has 3 aromatic carbocycles. The van der Waals surface area contributed by atoms with Crippen LogP contribution in [-0.4, -0.2) is 48.9 Å². The van der Waals surface area contributed by atoms with Crippen LogP contribution in [0.3, 0.4) is 0 Å². The Morgan fingerprint density at radius 3 is 2.22 bits per heavy atom. The number of hydrogen-bond acceptors (Lipinski definition) is 8. The molecule has 37 heavy (non-hydrogen) atoms. The molecule has 0 saturated carbocycles. The van der Waals surface area contributed by atoms with Crippen LogP contribution in [0.15, 0.2) is 71.9 Å². The summed E-state index contributed by atoms with van der Waals surface area (Å²) in [6.45, 7) is -0.367. The van der Waals surface area contributed by atoms with Gasteiger partial charge in [-0.2, -0.15) is 0 Å². The first-order chi connectivity index (χ1) is 17.9. The minimum atomic E-state index is -1.18. The molecule has 0 spiro atoms. The number of benzene rings is 3. The van der Waals surface area contributed by atoms with Crippen molar-refractivity contribution in [1.82, 2.24) is 5.32 Å². The third-order valence-corrected chi connectivity index (χ3v) is 5.35. The maximum atomic E-state index is 13.5. The number of aliphatic carboxylic acids is 1. The van der Waals surface area contributed by atoms with Crippen LogP contribution in [0.1, 0.15) is 22.7 Å². The van der Waals surface area contributed by atoms with E-state index in [1.807, 2.05) is 30.3 Å². The lowest BCUT2D eigenvalue weighted by Gasteiger charge is -2.24. The van der Waals surface area contributed by atoms with Gasteiger partial charge in [0.05, 0.1) is 14.2 Å². The molecule has 0 radical (unpaired) electrons. The lowest BCUT2D eigenvalue weighted by molar-refractivity contribution is -0.139. The summed E-state index contributed by atoms with van der Waals surface area (Å²) < 4.78 is 16.3. The van der Waals surface area contributed by atoms with Gasteiger partial charge in [-0.1, -0.05) is 35.5 Å². The van der Waals surface area contributed by atoms with Crippen molar-refractivity contribution in [3.8, 4) is 17.2 Å². The molecule has 11 nitrogen and oxygen atoms in total. The highest BCUT2D eigenvalue weighted by atomic mass is 16.5. The topological polar surface area (TPSA) is 165 Å². The summed E-state index contributed by atoms with van der Waals surface area (Å²) in [6.07, 6.45) is 0. The van der Waals surface area contributed by atoms with E-state index >= 15 is 0 Å². The highest BCUT2D eigenvalue weighted by Gasteiger charge is 2.27. The smallest absolute Gasteiger partial charge is 0.341 e. The summed E-state index contributed by atoms with van der Waals surface area (Å²) >= 11 is 0. The Kier molecular flexibility index (Phi) is 9.14. The number of nitrogens with zero attached hydrogens (tertiary/aromatic N) is 1. The van der Waals surface area contributed by atoms with Crippen molar-refractivity contribution < 1.29 is 34.1 Å². The molecule has 0 aliphatic carbocycles. The quantitative estimate of drug-likeness (QED) is 0.107. The van der Waals surface area contributed by atoms with Crippen LogP contribution in [0, 0.1) is 0 Å². The number of amides is 1. The minimum Gasteiger partial charge on any atom is -0.493 e. The first kappa shape index (κ1) is 26.7. The highest BCUT2D eigenvalue weighted by Crippen LogP contribution is 2.39. The Balaban J connectivity index is 2.02. The van der Waals surface area contributed by atoms with Gasteiger partial charge in [-0.3, -0.25) is 4.79 Å². The van der Waals surface area contributed by atoms with Crippen molar-refractivity contribution in [2.75, 3.05) is 26.1 Å². The number of ether oxygens (including phenoxy) is 3. The average Bonchev–Trinajstić information content (AvgIpc) is 2.93. The molecule has 6 N–H and O–H groups in total. The van der Waals surface area contributed by atoms with Gasteiger partial charge in [0.25, 0.3) is 0 Å². The molecule has 1 unspecified atom stereocenters. The fourth-order valence-electron chi connectivity index (χ4n) is 3.50. The molecule has 1 atom stereocenters. The van der Waals surface area contributed by atoms with E-state index in [1.54, 1.807) is 30.3 Å². The molecule has 0 aliphatic rings. The van der Waals surface area contributed by atoms with E-state index in [1.165, 1.54) is 20.3 Å². The van der Waals surface area contributed by atoms with Gasteiger partial charge in [0.2, 0.25) is 5.91 Å². The first-order valence-corrected chi connectivity index (χ1v) is 11.1. The van der Waals surface area contributed by atoms with E-state index in [2.05, 4.69) is 15.8 Å². The van der Waals surface area contributed by atoms with Gasteiger partial charge in [-0.25, -0.2) is 4.79 Å². The van der Waals surface area contributed by atoms with Crippen LogP contribution in [0.5, 0.6) is 17.2 Å². The molecule has 0 fully saturated rings. The van der Waals surface area contributed by atoms with Crippen LogP contribution in [0.2, 0.25) is 0 Å². The fraction of sp³-hybridized carbons (Fsp3) is 0.192. The van der Waals surface area contributed by atoms with Crippen LogP contribution >= 0.6 is 0 Å². The van der Waals surface area contributed by atoms with Crippen LogP contribution < -0.4 is 30.6 Å². The molecule has 11 heteroatoms. The zero-order valence-corrected chi connectivity index (χ0v) is 20.3. The van der Waals surface area contributed by atoms with Gasteiger partial charge in [0, 0.05) is 29.4 Å². The molecule has 0 aromatic heterocycles. The van der Waals surface area contributed by atoms with Gasteiger partial charge in [0.15, 0.2) is 23.9 Å². The Bertz CT molecular complexity index is 1250.